The zero-order valence-electron chi connectivity index (χ0n) is 15.7. The van der Waals surface area contributed by atoms with Crippen molar-refractivity contribution < 1.29 is 9.21 Å². The van der Waals surface area contributed by atoms with Crippen LogP contribution in [-0.2, 0) is 0 Å². The molecule has 1 aliphatic heterocycles. The molecule has 1 saturated heterocycles. The average Bonchev–Trinajstić information content (AvgIpc) is 3.30. The number of piperazine rings is 1. The minimum atomic E-state index is 0.00518. The molecule has 0 spiro atoms. The van der Waals surface area contributed by atoms with Crippen LogP contribution in [0.2, 0.25) is 0 Å². The highest BCUT2D eigenvalue weighted by Gasteiger charge is 2.24. The van der Waals surface area contributed by atoms with Crippen molar-refractivity contribution in [1.82, 2.24) is 24.6 Å². The summed E-state index contributed by atoms with van der Waals surface area (Å²) in [6, 6.07) is 5.68. The van der Waals surface area contributed by atoms with E-state index >= 15 is 0 Å². The van der Waals surface area contributed by atoms with Crippen LogP contribution >= 0.6 is 0 Å². The number of aryl methyl sites for hydroxylation is 3. The van der Waals surface area contributed by atoms with Crippen molar-refractivity contribution in [2.24, 2.45) is 0 Å². The minimum absolute atomic E-state index is 0.00518. The molecule has 140 valence electrons. The maximum Gasteiger partial charge on any atom is 0.257 e. The molecule has 1 amide bonds. The predicted molar refractivity (Wildman–Crippen MR) is 100 cm³/mol. The molecule has 0 aromatic carbocycles. The van der Waals surface area contributed by atoms with E-state index in [4.69, 9.17) is 4.42 Å². The van der Waals surface area contributed by atoms with Gasteiger partial charge in [0.05, 0.1) is 17.5 Å². The molecule has 0 atom stereocenters. The summed E-state index contributed by atoms with van der Waals surface area (Å²) >= 11 is 0. The largest absolute Gasteiger partial charge is 0.472 e. The molecule has 8 heteroatoms. The molecule has 0 bridgehead atoms. The van der Waals surface area contributed by atoms with Crippen LogP contribution < -0.4 is 4.90 Å². The molecule has 27 heavy (non-hydrogen) atoms. The van der Waals surface area contributed by atoms with Crippen LogP contribution in [0, 0.1) is 20.8 Å². The molecule has 1 aliphatic rings. The zero-order chi connectivity index (χ0) is 19.0. The standard InChI is InChI=1S/C19H22N6O2/c1-13-10-14(2)25(22-13)18-11-17(20-15(3)21-18)23-5-7-24(8-6-23)19(26)16-4-9-27-12-16/h4,9-12H,5-8H2,1-3H3. The van der Waals surface area contributed by atoms with Crippen molar-refractivity contribution >= 4 is 11.7 Å². The third-order valence-corrected chi connectivity index (χ3v) is 4.70. The Morgan fingerprint density at radius 2 is 1.78 bits per heavy atom. The second-order valence-corrected chi connectivity index (χ2v) is 6.76. The van der Waals surface area contributed by atoms with Gasteiger partial charge in [0, 0.05) is 37.9 Å². The number of anilines is 1. The molecule has 8 nitrogen and oxygen atoms in total. The number of hydrogen-bond acceptors (Lipinski definition) is 6. The summed E-state index contributed by atoms with van der Waals surface area (Å²) in [5.74, 6) is 2.33. The summed E-state index contributed by atoms with van der Waals surface area (Å²) < 4.78 is 6.85. The van der Waals surface area contributed by atoms with Gasteiger partial charge in [-0.15, -0.1) is 0 Å². The fourth-order valence-electron chi connectivity index (χ4n) is 3.38. The van der Waals surface area contributed by atoms with Gasteiger partial charge in [-0.05, 0) is 32.9 Å². The van der Waals surface area contributed by atoms with Crippen molar-refractivity contribution in [3.05, 3.63) is 53.5 Å². The first-order chi connectivity index (χ1) is 13.0. The highest BCUT2D eigenvalue weighted by Crippen LogP contribution is 2.19. The molecule has 0 N–H and O–H groups in total. The van der Waals surface area contributed by atoms with E-state index in [2.05, 4.69) is 20.0 Å². The molecular weight excluding hydrogens is 344 g/mol. The van der Waals surface area contributed by atoms with Gasteiger partial charge < -0.3 is 14.2 Å². The highest BCUT2D eigenvalue weighted by molar-refractivity contribution is 5.94. The third-order valence-electron chi connectivity index (χ3n) is 4.70. The fraction of sp³-hybridized carbons (Fsp3) is 0.368. The summed E-state index contributed by atoms with van der Waals surface area (Å²) in [5, 5.41) is 4.52. The van der Waals surface area contributed by atoms with Crippen LogP contribution in [0.25, 0.3) is 5.82 Å². The summed E-state index contributed by atoms with van der Waals surface area (Å²) in [4.78, 5) is 25.6. The molecule has 0 radical (unpaired) electrons. The lowest BCUT2D eigenvalue weighted by Crippen LogP contribution is -2.49. The van der Waals surface area contributed by atoms with Gasteiger partial charge in [0.15, 0.2) is 5.82 Å². The number of carbonyl (C=O) groups is 1. The Hall–Kier alpha value is -3.16. The lowest BCUT2D eigenvalue weighted by atomic mass is 10.2. The van der Waals surface area contributed by atoms with Gasteiger partial charge in [0.2, 0.25) is 0 Å². The molecule has 3 aromatic heterocycles. The highest BCUT2D eigenvalue weighted by atomic mass is 16.3. The van der Waals surface area contributed by atoms with Crippen LogP contribution in [0.3, 0.4) is 0 Å². The lowest BCUT2D eigenvalue weighted by Gasteiger charge is -2.35. The number of carbonyl (C=O) groups excluding carboxylic acids is 1. The Bertz CT molecular complexity index is 955. The van der Waals surface area contributed by atoms with E-state index in [1.807, 2.05) is 42.5 Å². The van der Waals surface area contributed by atoms with E-state index in [1.165, 1.54) is 12.5 Å². The van der Waals surface area contributed by atoms with Gasteiger partial charge in [-0.25, -0.2) is 14.6 Å². The van der Waals surface area contributed by atoms with Crippen molar-refractivity contribution in [2.45, 2.75) is 20.8 Å². The van der Waals surface area contributed by atoms with Gasteiger partial charge in [0.25, 0.3) is 5.91 Å². The van der Waals surface area contributed by atoms with Crippen LogP contribution in [0.5, 0.6) is 0 Å². The first kappa shape index (κ1) is 17.3. The maximum absolute atomic E-state index is 12.4. The average molecular weight is 366 g/mol. The number of amides is 1. The Labute approximate surface area is 157 Å². The molecule has 0 unspecified atom stereocenters. The predicted octanol–water partition coefficient (Wildman–Crippen LogP) is 2.14. The van der Waals surface area contributed by atoms with Gasteiger partial charge in [-0.3, -0.25) is 4.79 Å². The van der Waals surface area contributed by atoms with E-state index < -0.39 is 0 Å². The van der Waals surface area contributed by atoms with E-state index in [-0.39, 0.29) is 5.91 Å². The van der Waals surface area contributed by atoms with Crippen molar-refractivity contribution in [3.8, 4) is 5.82 Å². The van der Waals surface area contributed by atoms with Crippen LogP contribution in [0.4, 0.5) is 5.82 Å². The minimum Gasteiger partial charge on any atom is -0.472 e. The normalized spacial score (nSPS) is 14.6. The lowest BCUT2D eigenvalue weighted by molar-refractivity contribution is 0.0745. The van der Waals surface area contributed by atoms with Gasteiger partial charge in [-0.1, -0.05) is 0 Å². The van der Waals surface area contributed by atoms with Crippen LogP contribution in [0.1, 0.15) is 27.6 Å². The monoisotopic (exact) mass is 366 g/mol. The smallest absolute Gasteiger partial charge is 0.257 e. The number of furan rings is 1. The Morgan fingerprint density at radius 1 is 1.04 bits per heavy atom. The van der Waals surface area contributed by atoms with Crippen molar-refractivity contribution in [2.75, 3.05) is 31.1 Å². The molecular formula is C19H22N6O2. The van der Waals surface area contributed by atoms with E-state index in [9.17, 15) is 4.79 Å². The van der Waals surface area contributed by atoms with Crippen LogP contribution in [0.15, 0.2) is 35.1 Å². The van der Waals surface area contributed by atoms with Crippen molar-refractivity contribution in [1.29, 1.82) is 0 Å². The summed E-state index contributed by atoms with van der Waals surface area (Å²) in [6.07, 6.45) is 3.01. The molecule has 0 saturated carbocycles. The maximum atomic E-state index is 12.4. The fourth-order valence-corrected chi connectivity index (χ4v) is 3.38. The topological polar surface area (TPSA) is 80.3 Å². The van der Waals surface area contributed by atoms with E-state index in [0.29, 0.717) is 24.5 Å². The molecule has 4 heterocycles. The van der Waals surface area contributed by atoms with Gasteiger partial charge in [-0.2, -0.15) is 5.10 Å². The molecule has 1 fully saturated rings. The second-order valence-electron chi connectivity index (χ2n) is 6.76. The number of nitrogens with zero attached hydrogens (tertiary/aromatic N) is 6. The summed E-state index contributed by atoms with van der Waals surface area (Å²) in [6.45, 7) is 8.58. The van der Waals surface area contributed by atoms with Crippen LogP contribution in [-0.4, -0.2) is 56.7 Å². The first-order valence-electron chi connectivity index (χ1n) is 8.97. The van der Waals surface area contributed by atoms with E-state index in [1.54, 1.807) is 6.07 Å². The zero-order valence-corrected chi connectivity index (χ0v) is 15.7. The first-order valence-corrected chi connectivity index (χ1v) is 8.97. The molecule has 4 rings (SSSR count). The molecule has 0 aliphatic carbocycles. The number of hydrogen-bond donors (Lipinski definition) is 0. The van der Waals surface area contributed by atoms with Gasteiger partial charge >= 0.3 is 0 Å². The third kappa shape index (κ3) is 3.42. The Balaban J connectivity index is 1.51. The number of aromatic nitrogens is 4. The SMILES string of the molecule is Cc1cc(C)n(-c2cc(N3CCN(C(=O)c4ccoc4)CC3)nc(C)n2)n1. The second kappa shape index (κ2) is 6.86. The molecule has 3 aromatic rings. The Morgan fingerprint density at radius 3 is 2.41 bits per heavy atom. The quantitative estimate of drug-likeness (QED) is 0.707. The summed E-state index contributed by atoms with van der Waals surface area (Å²) in [5.41, 5.74) is 2.58. The van der Waals surface area contributed by atoms with Gasteiger partial charge in [0.1, 0.15) is 17.9 Å². The van der Waals surface area contributed by atoms with E-state index in [0.717, 1.165) is 36.1 Å². The summed E-state index contributed by atoms with van der Waals surface area (Å²) in [7, 11) is 0. The Kier molecular flexibility index (Phi) is 4.39. The van der Waals surface area contributed by atoms with Crippen molar-refractivity contribution in [3.63, 3.8) is 0 Å². The number of rotatable bonds is 3.